The topological polar surface area (TPSA) is 0 Å². The van der Waals surface area contributed by atoms with Crippen molar-refractivity contribution in [1.29, 1.82) is 0 Å². The van der Waals surface area contributed by atoms with Crippen LogP contribution in [0, 0.1) is 0 Å². The standard InChI is InChI=1S/C37H31P2.HI/c1-6-19-32(20-7-1)38(33-21-8-2-9-22-33)37-29-17-16-18-31(37)30-39(34-23-10-3-11-24-34,35-25-12-4-13-26-35)36-27-14-5-15-28-36;/h1-30,37H;1H/q+1;. The molecule has 0 heterocycles. The lowest BCUT2D eigenvalue weighted by molar-refractivity contribution is -0.00000730. The summed E-state index contributed by atoms with van der Waals surface area (Å²) >= 11 is 0. The van der Waals surface area contributed by atoms with Gasteiger partial charge < -0.3 is 24.0 Å². The molecule has 3 heteroatoms. The zero-order valence-corrected chi connectivity index (χ0v) is 26.3. The molecule has 0 radical (unpaired) electrons. The van der Waals surface area contributed by atoms with E-state index >= 15 is 0 Å². The molecule has 0 fully saturated rings. The second-order valence-electron chi connectivity index (χ2n) is 9.73. The fourth-order valence-electron chi connectivity index (χ4n) is 5.59. The second-order valence-corrected chi connectivity index (χ2v) is 15.6. The minimum absolute atomic E-state index is 0. The number of hydrogen-bond donors (Lipinski definition) is 0. The number of rotatable bonds is 7. The zero-order chi connectivity index (χ0) is 26.3. The van der Waals surface area contributed by atoms with Crippen molar-refractivity contribution >= 4 is 41.7 Å². The van der Waals surface area contributed by atoms with Gasteiger partial charge in [-0.3, -0.25) is 0 Å². The summed E-state index contributed by atoms with van der Waals surface area (Å²) in [6, 6.07) is 55.7. The van der Waals surface area contributed by atoms with E-state index in [9.17, 15) is 0 Å². The summed E-state index contributed by atoms with van der Waals surface area (Å²) in [7, 11) is -3.27. The van der Waals surface area contributed by atoms with Crippen molar-refractivity contribution in [2.24, 2.45) is 0 Å². The fraction of sp³-hybridized carbons (Fsp3) is 0.0270. The van der Waals surface area contributed by atoms with Crippen molar-refractivity contribution in [2.45, 2.75) is 5.66 Å². The molecule has 40 heavy (non-hydrogen) atoms. The van der Waals surface area contributed by atoms with E-state index in [1.54, 1.807) is 0 Å². The predicted molar refractivity (Wildman–Crippen MR) is 176 cm³/mol. The Morgan fingerprint density at radius 2 is 0.850 bits per heavy atom. The fourth-order valence-corrected chi connectivity index (χ4v) is 12.7. The summed E-state index contributed by atoms with van der Waals surface area (Å²) in [5.74, 6) is 2.66. The van der Waals surface area contributed by atoms with Gasteiger partial charge in [0.2, 0.25) is 0 Å². The normalized spacial score (nSPS) is 15.6. The Bertz CT molecular complexity index is 1440. The molecular weight excluding hydrogens is 633 g/mol. The summed E-state index contributed by atoms with van der Waals surface area (Å²) in [6.45, 7) is 0. The summed E-state index contributed by atoms with van der Waals surface area (Å²) in [4.78, 5) is 0. The zero-order valence-electron chi connectivity index (χ0n) is 22.2. The van der Waals surface area contributed by atoms with Crippen molar-refractivity contribution in [3.05, 3.63) is 187 Å². The Morgan fingerprint density at radius 3 is 1.25 bits per heavy atom. The second kappa shape index (κ2) is 13.5. The average molecular weight is 666 g/mol. The summed E-state index contributed by atoms with van der Waals surface area (Å²) in [5, 5.41) is 7.01. The van der Waals surface area contributed by atoms with Gasteiger partial charge in [-0.1, -0.05) is 109 Å². The molecule has 0 aromatic heterocycles. The molecule has 1 unspecified atom stereocenters. The largest absolute Gasteiger partial charge is 1.00 e. The monoisotopic (exact) mass is 665 g/mol. The Labute approximate surface area is 257 Å². The lowest BCUT2D eigenvalue weighted by Crippen LogP contribution is -3.00. The number of benzene rings is 5. The van der Waals surface area contributed by atoms with Crippen LogP contribution in [-0.2, 0) is 0 Å². The van der Waals surface area contributed by atoms with Gasteiger partial charge in [-0.2, -0.15) is 0 Å². The van der Waals surface area contributed by atoms with Gasteiger partial charge in [-0.25, -0.2) is 0 Å². The van der Waals surface area contributed by atoms with Crippen LogP contribution >= 0.6 is 15.2 Å². The Kier molecular flexibility index (Phi) is 9.61. The lowest BCUT2D eigenvalue weighted by Gasteiger charge is -2.27. The summed E-state index contributed by atoms with van der Waals surface area (Å²) < 4.78 is 0. The molecule has 0 bridgehead atoms. The van der Waals surface area contributed by atoms with Crippen LogP contribution in [0.25, 0.3) is 0 Å². The Hall–Kier alpha value is -3.09. The first-order valence-electron chi connectivity index (χ1n) is 13.5. The summed E-state index contributed by atoms with van der Waals surface area (Å²) in [6.07, 6.45) is 9.26. The smallest absolute Gasteiger partial charge is 0.137 e. The van der Waals surface area contributed by atoms with E-state index in [4.69, 9.17) is 0 Å². The van der Waals surface area contributed by atoms with E-state index in [0.29, 0.717) is 5.66 Å². The molecular formula is C37H32IP2+. The van der Waals surface area contributed by atoms with E-state index in [0.717, 1.165) is 0 Å². The molecule has 196 valence electrons. The molecule has 1 aliphatic carbocycles. The van der Waals surface area contributed by atoms with Crippen molar-refractivity contribution in [2.75, 3.05) is 0 Å². The highest BCUT2D eigenvalue weighted by atomic mass is 127. The van der Waals surface area contributed by atoms with E-state index in [-0.39, 0.29) is 24.0 Å². The highest BCUT2D eigenvalue weighted by Gasteiger charge is 2.46. The number of halogens is 1. The van der Waals surface area contributed by atoms with Gasteiger partial charge in [0.1, 0.15) is 28.8 Å². The van der Waals surface area contributed by atoms with Crippen LogP contribution in [0.4, 0.5) is 0 Å². The predicted octanol–water partition coefficient (Wildman–Crippen LogP) is 4.23. The highest BCUT2D eigenvalue weighted by Crippen LogP contribution is 2.59. The molecule has 1 aliphatic rings. The minimum Gasteiger partial charge on any atom is -1.00 e. The van der Waals surface area contributed by atoms with Gasteiger partial charge in [0.15, 0.2) is 0 Å². The molecule has 0 N–H and O–H groups in total. The van der Waals surface area contributed by atoms with Gasteiger partial charge in [-0.15, -0.1) is 0 Å². The molecule has 0 saturated heterocycles. The quantitative estimate of drug-likeness (QED) is 0.181. The third kappa shape index (κ3) is 5.84. The van der Waals surface area contributed by atoms with Gasteiger partial charge in [0, 0.05) is 5.57 Å². The van der Waals surface area contributed by atoms with Crippen molar-refractivity contribution in [3.8, 4) is 0 Å². The third-order valence-corrected chi connectivity index (χ3v) is 14.5. The van der Waals surface area contributed by atoms with Crippen LogP contribution in [-0.4, -0.2) is 5.66 Å². The van der Waals surface area contributed by atoms with Crippen LogP contribution in [0.5, 0.6) is 0 Å². The van der Waals surface area contributed by atoms with Crippen LogP contribution in [0.2, 0.25) is 0 Å². The van der Waals surface area contributed by atoms with E-state index in [2.05, 4.69) is 182 Å². The molecule has 0 amide bonds. The maximum atomic E-state index is 2.66. The lowest BCUT2D eigenvalue weighted by atomic mass is 10.1. The maximum absolute atomic E-state index is 2.66. The summed E-state index contributed by atoms with van der Waals surface area (Å²) in [5.41, 5.74) is 1.71. The average Bonchev–Trinajstić information content (AvgIpc) is 3.03. The van der Waals surface area contributed by atoms with Gasteiger partial charge in [0.05, 0.1) is 24.3 Å². The first-order chi connectivity index (χ1) is 19.4. The molecule has 6 rings (SSSR count). The van der Waals surface area contributed by atoms with Crippen LogP contribution in [0.1, 0.15) is 0 Å². The third-order valence-electron chi connectivity index (χ3n) is 7.38. The molecule has 0 aliphatic heterocycles. The van der Waals surface area contributed by atoms with Crippen molar-refractivity contribution in [3.63, 3.8) is 0 Å². The van der Waals surface area contributed by atoms with Gasteiger partial charge in [0.25, 0.3) is 0 Å². The molecule has 0 nitrogen and oxygen atoms in total. The molecule has 1 atom stereocenters. The molecule has 0 saturated carbocycles. The Morgan fingerprint density at radius 1 is 0.475 bits per heavy atom. The first-order valence-corrected chi connectivity index (χ1v) is 16.9. The molecule has 5 aromatic rings. The maximum Gasteiger partial charge on any atom is 0.137 e. The molecule has 5 aromatic carbocycles. The van der Waals surface area contributed by atoms with Crippen molar-refractivity contribution < 1.29 is 24.0 Å². The van der Waals surface area contributed by atoms with E-state index < -0.39 is 15.2 Å². The van der Waals surface area contributed by atoms with Crippen LogP contribution in [0.15, 0.2) is 187 Å². The highest BCUT2D eigenvalue weighted by molar-refractivity contribution is 7.98. The van der Waals surface area contributed by atoms with Gasteiger partial charge in [-0.05, 0) is 66.7 Å². The molecule has 0 spiro atoms. The van der Waals surface area contributed by atoms with E-state index in [1.165, 1.54) is 32.1 Å². The van der Waals surface area contributed by atoms with Crippen molar-refractivity contribution in [1.82, 2.24) is 0 Å². The van der Waals surface area contributed by atoms with Crippen LogP contribution in [0.3, 0.4) is 0 Å². The van der Waals surface area contributed by atoms with Gasteiger partial charge >= 0.3 is 0 Å². The van der Waals surface area contributed by atoms with E-state index in [1.807, 2.05) is 0 Å². The minimum atomic E-state index is -2.11. The first kappa shape index (κ1) is 28.4. The number of allylic oxidation sites excluding steroid dienone is 5. The number of hydrogen-bond acceptors (Lipinski definition) is 0. The Balaban J connectivity index is 0.00000323. The van der Waals surface area contributed by atoms with Crippen LogP contribution < -0.4 is 50.5 Å². The SMILES string of the molecule is C1=CC(=C[P+](c2ccccc2)(c2ccccc2)c2ccccc2)C([PH+](c2ccccc2)c2ccccc2)C=C1.[I-].